The minimum atomic E-state index is -1.11. The molecule has 0 radical (unpaired) electrons. The van der Waals surface area contributed by atoms with Gasteiger partial charge in [0, 0.05) is 38.5 Å². The number of hydrogen-bond acceptors (Lipinski definition) is 10. The number of unbranched alkanes of at least 4 members (excludes halogenated alkanes) is 28. The molecule has 0 bridgehead atoms. The van der Waals surface area contributed by atoms with Crippen LogP contribution < -0.4 is 0 Å². The quantitative estimate of drug-likeness (QED) is 0.0342. The van der Waals surface area contributed by atoms with Crippen molar-refractivity contribution in [2.24, 2.45) is 0 Å². The largest absolute Gasteiger partial charge is 0.462 e. The van der Waals surface area contributed by atoms with Crippen molar-refractivity contribution in [1.29, 1.82) is 0 Å². The molecule has 0 spiro atoms. The molecule has 2 fully saturated rings. The van der Waals surface area contributed by atoms with E-state index in [4.69, 9.17) is 19.1 Å². The van der Waals surface area contributed by atoms with Crippen molar-refractivity contribution in [2.75, 3.05) is 0 Å². The third kappa shape index (κ3) is 24.9. The van der Waals surface area contributed by atoms with Crippen LogP contribution in [0.5, 0.6) is 0 Å². The Labute approximate surface area is 405 Å². The maximum atomic E-state index is 13.4. The van der Waals surface area contributed by atoms with Crippen molar-refractivity contribution < 1.29 is 38.3 Å². The maximum absolute atomic E-state index is 13.4. The summed E-state index contributed by atoms with van der Waals surface area (Å²) < 4.78 is 12.0. The van der Waals surface area contributed by atoms with E-state index in [1.54, 1.807) is 10.1 Å². The molecule has 0 aromatic carbocycles. The number of carbonyl (C=O) groups is 4. The molecule has 0 atom stereocenters. The Morgan fingerprint density at radius 1 is 0.348 bits per heavy atom. The van der Waals surface area contributed by atoms with E-state index < -0.39 is 34.1 Å². The summed E-state index contributed by atoms with van der Waals surface area (Å²) in [6, 6.07) is 0. The number of esters is 2. The number of hydroxylamine groups is 4. The molecular weight excluding hydrogens is 829 g/mol. The highest BCUT2D eigenvalue weighted by Gasteiger charge is 2.52. The first-order valence-electron chi connectivity index (χ1n) is 27.8. The predicted molar refractivity (Wildman–Crippen MR) is 269 cm³/mol. The molecule has 2 aliphatic heterocycles. The van der Waals surface area contributed by atoms with Gasteiger partial charge in [0.1, 0.15) is 12.2 Å². The molecule has 2 aliphatic rings. The lowest BCUT2D eigenvalue weighted by Gasteiger charge is -2.53. The fourth-order valence-electron chi connectivity index (χ4n) is 11.0. The molecular formula is C56H104N2O8. The number of carbonyl (C=O) groups excluding carboxylic acids is 4. The van der Waals surface area contributed by atoms with Gasteiger partial charge in [0.2, 0.25) is 0 Å². The lowest BCUT2D eigenvalue weighted by Crippen LogP contribution is -2.64. The van der Waals surface area contributed by atoms with Crippen molar-refractivity contribution in [3.63, 3.8) is 0 Å². The molecule has 0 unspecified atom stereocenters. The Hall–Kier alpha value is -2.20. The van der Waals surface area contributed by atoms with E-state index in [1.165, 1.54) is 154 Å². The first kappa shape index (κ1) is 59.9. The summed E-state index contributed by atoms with van der Waals surface area (Å²) in [5.74, 6) is -2.58. The van der Waals surface area contributed by atoms with E-state index >= 15 is 0 Å². The van der Waals surface area contributed by atoms with Gasteiger partial charge in [-0.25, -0.2) is 9.59 Å². The van der Waals surface area contributed by atoms with Crippen LogP contribution in [0.25, 0.3) is 0 Å². The molecule has 2 rings (SSSR count). The number of nitrogens with zero attached hydrogens (tertiary/aromatic N) is 2. The van der Waals surface area contributed by atoms with E-state index in [0.29, 0.717) is 38.5 Å². The molecule has 0 aliphatic carbocycles. The lowest BCUT2D eigenvalue weighted by atomic mass is 9.80. The Morgan fingerprint density at radius 2 is 0.545 bits per heavy atom. The van der Waals surface area contributed by atoms with Gasteiger partial charge in [-0.2, -0.15) is 0 Å². The Bertz CT molecular complexity index is 1210. The highest BCUT2D eigenvalue weighted by molar-refractivity contribution is 6.29. The van der Waals surface area contributed by atoms with Gasteiger partial charge in [0.05, 0.1) is 22.2 Å². The molecule has 66 heavy (non-hydrogen) atoms. The number of hydrogen-bond donors (Lipinski definition) is 0. The number of ether oxygens (including phenoxy) is 2. The molecule has 0 N–H and O–H groups in total. The summed E-state index contributed by atoms with van der Waals surface area (Å²) in [6.07, 6.45) is 40.3. The van der Waals surface area contributed by atoms with Crippen LogP contribution in [0.15, 0.2) is 0 Å². The summed E-state index contributed by atoms with van der Waals surface area (Å²) in [4.78, 5) is 64.4. The second kappa shape index (κ2) is 32.6. The van der Waals surface area contributed by atoms with E-state index in [0.717, 1.165) is 38.5 Å². The SMILES string of the molecule is CCCCCCCCCCCCCCCCCC(=O)OC1CC(C)(C)N(OC(=O)C(=O)ON2C(C)(C)CC(OC(=O)CCCCCCCCCCCCCCCCC)CC2(C)C)C(C)(C)C1. The topological polar surface area (TPSA) is 112 Å². The van der Waals surface area contributed by atoms with Crippen LogP contribution in [0.2, 0.25) is 0 Å². The van der Waals surface area contributed by atoms with Gasteiger partial charge in [-0.3, -0.25) is 9.59 Å². The Morgan fingerprint density at radius 3 is 0.758 bits per heavy atom. The van der Waals surface area contributed by atoms with Gasteiger partial charge in [-0.1, -0.05) is 194 Å². The lowest BCUT2D eigenvalue weighted by molar-refractivity contribution is -0.294. The zero-order chi connectivity index (χ0) is 48.9. The molecule has 0 saturated carbocycles. The highest BCUT2D eigenvalue weighted by Crippen LogP contribution is 2.42. The van der Waals surface area contributed by atoms with Crippen molar-refractivity contribution >= 4 is 23.9 Å². The minimum Gasteiger partial charge on any atom is -0.462 e. The van der Waals surface area contributed by atoms with E-state index in [9.17, 15) is 19.2 Å². The predicted octanol–water partition coefficient (Wildman–Crippen LogP) is 15.6. The molecule has 386 valence electrons. The molecule has 10 heteroatoms. The highest BCUT2D eigenvalue weighted by atomic mass is 16.8. The van der Waals surface area contributed by atoms with E-state index in [1.807, 2.05) is 55.4 Å². The van der Waals surface area contributed by atoms with Crippen LogP contribution in [0.4, 0.5) is 0 Å². The molecule has 0 aromatic rings. The zero-order valence-electron chi connectivity index (χ0n) is 44.8. The molecule has 0 amide bonds. The standard InChI is InChI=1S/C56H104N2O8/c1-11-13-15-17-19-21-23-25-27-29-31-33-35-37-39-41-49(59)63-47-43-53(3,4)57(54(5,6)44-47)65-51(61)52(62)66-58-55(7,8)45-48(46-56(58,9)10)64-50(60)42-40-38-36-34-32-30-28-26-24-22-20-18-16-14-12-2/h47-48H,11-46H2,1-10H3. The van der Waals surface area contributed by atoms with Crippen LogP contribution in [-0.4, -0.2) is 68.4 Å². The summed E-state index contributed by atoms with van der Waals surface area (Å²) >= 11 is 0. The van der Waals surface area contributed by atoms with Crippen molar-refractivity contribution in [3.8, 4) is 0 Å². The van der Waals surface area contributed by atoms with Gasteiger partial charge in [0.25, 0.3) is 0 Å². The monoisotopic (exact) mass is 933 g/mol. The third-order valence-electron chi connectivity index (χ3n) is 14.2. The molecule has 2 saturated heterocycles. The smallest absolute Gasteiger partial charge is 0.438 e. The van der Waals surface area contributed by atoms with Crippen molar-refractivity contribution in [2.45, 2.75) is 335 Å². The van der Waals surface area contributed by atoms with Gasteiger partial charge in [-0.15, -0.1) is 10.1 Å². The van der Waals surface area contributed by atoms with Gasteiger partial charge in [0.15, 0.2) is 0 Å². The van der Waals surface area contributed by atoms with Gasteiger partial charge >= 0.3 is 23.9 Å². The first-order valence-corrected chi connectivity index (χ1v) is 27.8. The molecule has 0 aromatic heterocycles. The summed E-state index contributed by atoms with van der Waals surface area (Å²) in [5, 5.41) is 3.15. The van der Waals surface area contributed by atoms with E-state index in [-0.39, 0.29) is 24.1 Å². The van der Waals surface area contributed by atoms with Crippen molar-refractivity contribution in [1.82, 2.24) is 10.1 Å². The average Bonchev–Trinajstić information content (AvgIpc) is 3.22. The number of rotatable bonds is 36. The van der Waals surface area contributed by atoms with Crippen molar-refractivity contribution in [3.05, 3.63) is 0 Å². The van der Waals surface area contributed by atoms with Crippen LogP contribution in [0.3, 0.4) is 0 Å². The van der Waals surface area contributed by atoms with Crippen LogP contribution >= 0.6 is 0 Å². The summed E-state index contributed by atoms with van der Waals surface area (Å²) in [7, 11) is 0. The van der Waals surface area contributed by atoms with Crippen LogP contribution in [-0.2, 0) is 38.3 Å². The fraction of sp³-hybridized carbons (Fsp3) is 0.929. The van der Waals surface area contributed by atoms with Gasteiger partial charge in [-0.05, 0) is 68.2 Å². The first-order chi connectivity index (χ1) is 31.3. The summed E-state index contributed by atoms with van der Waals surface area (Å²) in [5.41, 5.74) is -2.87. The third-order valence-corrected chi connectivity index (χ3v) is 14.2. The minimum absolute atomic E-state index is 0.181. The van der Waals surface area contributed by atoms with Crippen LogP contribution in [0, 0.1) is 0 Å². The fourth-order valence-corrected chi connectivity index (χ4v) is 11.0. The molecule has 10 nitrogen and oxygen atoms in total. The Balaban J connectivity index is 1.67. The zero-order valence-corrected chi connectivity index (χ0v) is 44.8. The second-order valence-electron chi connectivity index (χ2n) is 23.0. The van der Waals surface area contributed by atoms with E-state index in [2.05, 4.69) is 13.8 Å². The summed E-state index contributed by atoms with van der Waals surface area (Å²) in [6.45, 7) is 20.0. The normalized spacial score (nSPS) is 18.5. The van der Waals surface area contributed by atoms with Crippen LogP contribution in [0.1, 0.15) is 300 Å². The molecule has 2 heterocycles. The maximum Gasteiger partial charge on any atom is 0.438 e. The van der Waals surface area contributed by atoms with Gasteiger partial charge < -0.3 is 19.1 Å². The Kier molecular flexibility index (Phi) is 29.6. The number of piperidine rings is 2. The second-order valence-corrected chi connectivity index (χ2v) is 23.0. The average molecular weight is 933 g/mol.